The highest BCUT2D eigenvalue weighted by Gasteiger charge is 2.23. The lowest BCUT2D eigenvalue weighted by Crippen LogP contribution is -2.31. The number of rotatable bonds is 3. The second-order valence-electron chi connectivity index (χ2n) is 4.35. The van der Waals surface area contributed by atoms with E-state index in [9.17, 15) is 0 Å². The Morgan fingerprint density at radius 3 is 2.94 bits per heavy atom. The van der Waals surface area contributed by atoms with Gasteiger partial charge in [0, 0.05) is 23.1 Å². The Morgan fingerprint density at radius 2 is 2.25 bits per heavy atom. The van der Waals surface area contributed by atoms with Crippen LogP contribution in [0, 0.1) is 3.57 Å². The van der Waals surface area contributed by atoms with Crippen LogP contribution in [0.2, 0.25) is 0 Å². The summed E-state index contributed by atoms with van der Waals surface area (Å²) in [4.78, 5) is 8.40. The van der Waals surface area contributed by atoms with Crippen molar-refractivity contribution in [2.45, 2.75) is 19.4 Å². The third kappa shape index (κ3) is 1.93. The minimum Gasteiger partial charge on any atom is -0.382 e. The van der Waals surface area contributed by atoms with E-state index in [1.54, 1.807) is 13.4 Å². The Hall–Kier alpha value is -0.690. The normalized spacial score (nSPS) is 12.2. The predicted octanol–water partition coefficient (Wildman–Crippen LogP) is 2.42. The van der Waals surface area contributed by atoms with E-state index in [1.807, 2.05) is 6.20 Å². The largest absolute Gasteiger partial charge is 0.382 e. The number of hydrogen-bond donors (Lipinski definition) is 0. The molecule has 0 radical (unpaired) electrons. The molecule has 2 aromatic rings. The maximum Gasteiger partial charge on any atom is 0.144 e. The number of ether oxygens (including phenoxy) is 1. The van der Waals surface area contributed by atoms with Crippen molar-refractivity contribution in [3.8, 4) is 0 Å². The van der Waals surface area contributed by atoms with Crippen LogP contribution in [-0.2, 0) is 10.3 Å². The van der Waals surface area contributed by atoms with Crippen LogP contribution >= 0.6 is 22.6 Å². The standard InChI is InChI=1S/C11H14IN3O/c1-11(2,6-16-3)15-5-9(12)8-4-13-7-14-10(8)15/h4-5,7H,6H2,1-3H3. The second kappa shape index (κ2) is 4.29. The van der Waals surface area contributed by atoms with Gasteiger partial charge in [0.1, 0.15) is 12.0 Å². The first kappa shape index (κ1) is 11.8. The molecule has 0 N–H and O–H groups in total. The van der Waals surface area contributed by atoms with Gasteiger partial charge in [0.25, 0.3) is 0 Å². The van der Waals surface area contributed by atoms with Crippen molar-refractivity contribution < 1.29 is 4.74 Å². The van der Waals surface area contributed by atoms with Gasteiger partial charge in [0.05, 0.1) is 17.5 Å². The number of nitrogens with zero attached hydrogens (tertiary/aromatic N) is 3. The van der Waals surface area contributed by atoms with Gasteiger partial charge in [-0.05, 0) is 36.4 Å². The molecule has 0 saturated heterocycles. The summed E-state index contributed by atoms with van der Waals surface area (Å²) in [6.07, 6.45) is 5.53. The van der Waals surface area contributed by atoms with Crippen molar-refractivity contribution >= 4 is 33.6 Å². The maximum atomic E-state index is 5.25. The van der Waals surface area contributed by atoms with Crippen LogP contribution < -0.4 is 0 Å². The molecule has 16 heavy (non-hydrogen) atoms. The van der Waals surface area contributed by atoms with Crippen molar-refractivity contribution in [3.63, 3.8) is 0 Å². The number of methoxy groups -OCH3 is 1. The molecule has 2 aromatic heterocycles. The molecule has 0 aliphatic carbocycles. The van der Waals surface area contributed by atoms with Crippen LogP contribution in [0.25, 0.3) is 11.0 Å². The molecule has 0 saturated carbocycles. The summed E-state index contributed by atoms with van der Waals surface area (Å²) in [6.45, 7) is 4.92. The summed E-state index contributed by atoms with van der Waals surface area (Å²) < 4.78 is 8.56. The number of fused-ring (bicyclic) bond motifs is 1. The summed E-state index contributed by atoms with van der Waals surface area (Å²) in [6, 6.07) is 0. The second-order valence-corrected chi connectivity index (χ2v) is 5.51. The quantitative estimate of drug-likeness (QED) is 0.811. The molecule has 4 nitrogen and oxygen atoms in total. The monoisotopic (exact) mass is 331 g/mol. The molecule has 0 atom stereocenters. The van der Waals surface area contributed by atoms with Crippen molar-refractivity contribution in [2.24, 2.45) is 0 Å². The summed E-state index contributed by atoms with van der Waals surface area (Å²) >= 11 is 2.31. The van der Waals surface area contributed by atoms with E-state index in [0.29, 0.717) is 6.61 Å². The van der Waals surface area contributed by atoms with E-state index in [2.05, 4.69) is 57.2 Å². The molecule has 0 spiro atoms. The fraction of sp³-hybridized carbons (Fsp3) is 0.455. The third-order valence-corrected chi connectivity index (χ3v) is 3.43. The minimum atomic E-state index is -0.106. The lowest BCUT2D eigenvalue weighted by molar-refractivity contribution is 0.112. The van der Waals surface area contributed by atoms with Crippen LogP contribution in [0.3, 0.4) is 0 Å². The van der Waals surface area contributed by atoms with Gasteiger partial charge in [0.2, 0.25) is 0 Å². The molecule has 86 valence electrons. The summed E-state index contributed by atoms with van der Waals surface area (Å²) in [5.74, 6) is 0. The van der Waals surface area contributed by atoms with Crippen LogP contribution in [0.4, 0.5) is 0 Å². The van der Waals surface area contributed by atoms with Gasteiger partial charge in [0.15, 0.2) is 0 Å². The number of aromatic nitrogens is 3. The Labute approximate surface area is 108 Å². The van der Waals surface area contributed by atoms with E-state index in [-0.39, 0.29) is 5.54 Å². The van der Waals surface area contributed by atoms with Gasteiger partial charge in [-0.3, -0.25) is 0 Å². The Kier molecular flexibility index (Phi) is 3.16. The van der Waals surface area contributed by atoms with Gasteiger partial charge in [-0.25, -0.2) is 9.97 Å². The molecule has 2 rings (SSSR count). The third-order valence-electron chi connectivity index (χ3n) is 2.57. The fourth-order valence-corrected chi connectivity index (χ4v) is 2.47. The lowest BCUT2D eigenvalue weighted by Gasteiger charge is -2.26. The molecular formula is C11H14IN3O. The Bertz CT molecular complexity index is 507. The topological polar surface area (TPSA) is 39.9 Å². The van der Waals surface area contributed by atoms with Gasteiger partial charge in [-0.1, -0.05) is 0 Å². The van der Waals surface area contributed by atoms with E-state index >= 15 is 0 Å². The van der Waals surface area contributed by atoms with Crippen LogP contribution in [0.15, 0.2) is 18.7 Å². The molecule has 0 unspecified atom stereocenters. The average Bonchev–Trinajstić information content (AvgIpc) is 2.58. The number of halogens is 1. The minimum absolute atomic E-state index is 0.106. The van der Waals surface area contributed by atoms with Crippen molar-refractivity contribution in [1.29, 1.82) is 0 Å². The van der Waals surface area contributed by atoms with Gasteiger partial charge < -0.3 is 9.30 Å². The van der Waals surface area contributed by atoms with Crippen LogP contribution in [0.1, 0.15) is 13.8 Å². The molecule has 2 heterocycles. The van der Waals surface area contributed by atoms with E-state index < -0.39 is 0 Å². The van der Waals surface area contributed by atoms with Gasteiger partial charge >= 0.3 is 0 Å². The molecule has 0 aromatic carbocycles. The van der Waals surface area contributed by atoms with Crippen LogP contribution in [0.5, 0.6) is 0 Å². The molecular weight excluding hydrogens is 317 g/mol. The zero-order valence-electron chi connectivity index (χ0n) is 9.57. The highest BCUT2D eigenvalue weighted by atomic mass is 127. The molecule has 0 amide bonds. The average molecular weight is 331 g/mol. The SMILES string of the molecule is COCC(C)(C)n1cc(I)c2cncnc21. The lowest BCUT2D eigenvalue weighted by atomic mass is 10.1. The zero-order chi connectivity index (χ0) is 11.8. The summed E-state index contributed by atoms with van der Waals surface area (Å²) in [5.41, 5.74) is 0.853. The van der Waals surface area contributed by atoms with Crippen molar-refractivity contribution in [3.05, 3.63) is 22.3 Å². The first-order valence-electron chi connectivity index (χ1n) is 5.02. The zero-order valence-corrected chi connectivity index (χ0v) is 11.7. The molecule has 0 aliphatic heterocycles. The highest BCUT2D eigenvalue weighted by Crippen LogP contribution is 2.26. The van der Waals surface area contributed by atoms with Crippen molar-refractivity contribution in [2.75, 3.05) is 13.7 Å². The van der Waals surface area contributed by atoms with E-state index in [0.717, 1.165) is 14.6 Å². The first-order valence-corrected chi connectivity index (χ1v) is 6.10. The van der Waals surface area contributed by atoms with E-state index in [1.165, 1.54) is 0 Å². The summed E-state index contributed by atoms with van der Waals surface area (Å²) in [7, 11) is 1.72. The van der Waals surface area contributed by atoms with Gasteiger partial charge in [-0.2, -0.15) is 0 Å². The Balaban J connectivity index is 2.61. The molecule has 0 fully saturated rings. The number of hydrogen-bond acceptors (Lipinski definition) is 3. The van der Waals surface area contributed by atoms with Crippen molar-refractivity contribution in [1.82, 2.24) is 14.5 Å². The predicted molar refractivity (Wildman–Crippen MR) is 71.4 cm³/mol. The van der Waals surface area contributed by atoms with Gasteiger partial charge in [-0.15, -0.1) is 0 Å². The fourth-order valence-electron chi connectivity index (χ4n) is 1.81. The molecule has 0 aliphatic rings. The first-order chi connectivity index (χ1) is 7.56. The molecule has 0 bridgehead atoms. The van der Waals surface area contributed by atoms with E-state index in [4.69, 9.17) is 4.74 Å². The maximum absolute atomic E-state index is 5.25. The molecule has 5 heteroatoms. The smallest absolute Gasteiger partial charge is 0.144 e. The van der Waals surface area contributed by atoms with Crippen LogP contribution in [-0.4, -0.2) is 28.3 Å². The Morgan fingerprint density at radius 1 is 1.50 bits per heavy atom. The highest BCUT2D eigenvalue weighted by molar-refractivity contribution is 14.1. The summed E-state index contributed by atoms with van der Waals surface area (Å²) in [5, 5.41) is 1.09.